The summed E-state index contributed by atoms with van der Waals surface area (Å²) in [5, 5.41) is 28.7. The molecule has 160 valence electrons. The average molecular weight is 403 g/mol. The van der Waals surface area contributed by atoms with Crippen LogP contribution in [0.1, 0.15) is 88.2 Å². The lowest BCUT2D eigenvalue weighted by atomic mass is 9.96. The van der Waals surface area contributed by atoms with E-state index in [1.807, 2.05) is 12.1 Å². The van der Waals surface area contributed by atoms with Crippen LogP contribution in [0.2, 0.25) is 0 Å². The maximum absolute atomic E-state index is 11.2. The van der Waals surface area contributed by atoms with E-state index in [9.17, 15) is 24.9 Å². The molecule has 0 amide bonds. The number of aromatic hydroxyl groups is 1. The Morgan fingerprint density at radius 2 is 1.28 bits per heavy atom. The zero-order chi connectivity index (χ0) is 20.9. The molecule has 0 saturated heterocycles. The normalized spacial score (nSPS) is 18.3. The number of hydrogen-bond acceptors (Lipinski definition) is 3. The topological polar surface area (TPSA) is 94.8 Å². The number of carbonyl (C=O) groups is 2. The van der Waals surface area contributed by atoms with E-state index in [0.29, 0.717) is 5.75 Å². The van der Waals surface area contributed by atoms with E-state index in [1.165, 1.54) is 0 Å². The van der Waals surface area contributed by atoms with Gasteiger partial charge in [0.05, 0.1) is 10.8 Å². The van der Waals surface area contributed by atoms with Crippen molar-refractivity contribution >= 4 is 11.9 Å². The lowest BCUT2D eigenvalue weighted by molar-refractivity contribution is -0.144. The summed E-state index contributed by atoms with van der Waals surface area (Å²) in [5.74, 6) is -0.917. The maximum atomic E-state index is 11.2. The molecule has 0 bridgehead atoms. The van der Waals surface area contributed by atoms with Gasteiger partial charge in [0.2, 0.25) is 0 Å². The van der Waals surface area contributed by atoms with Crippen molar-refractivity contribution in [1.29, 1.82) is 0 Å². The number of carboxylic acid groups (broad SMARTS) is 2. The third kappa shape index (κ3) is 5.74. The van der Waals surface area contributed by atoms with Gasteiger partial charge in [0.15, 0.2) is 0 Å². The highest BCUT2D eigenvalue weighted by Crippen LogP contribution is 2.50. The average Bonchev–Trinajstić information content (AvgIpc) is 3.58. The molecule has 0 aliphatic heterocycles. The maximum Gasteiger partial charge on any atom is 0.309 e. The number of phenols is 1. The van der Waals surface area contributed by atoms with Gasteiger partial charge in [0, 0.05) is 0 Å². The van der Waals surface area contributed by atoms with Crippen molar-refractivity contribution in [3.63, 3.8) is 0 Å². The smallest absolute Gasteiger partial charge is 0.309 e. The second-order valence-corrected chi connectivity index (χ2v) is 9.26. The Bertz CT molecular complexity index is 731. The summed E-state index contributed by atoms with van der Waals surface area (Å²) in [5.41, 5.74) is 1.25. The molecule has 2 fully saturated rings. The van der Waals surface area contributed by atoms with Crippen molar-refractivity contribution in [2.24, 2.45) is 10.8 Å². The second-order valence-electron chi connectivity index (χ2n) is 9.26. The highest BCUT2D eigenvalue weighted by molar-refractivity contribution is 5.78. The highest BCUT2D eigenvalue weighted by Gasteiger charge is 2.49. The zero-order valence-corrected chi connectivity index (χ0v) is 17.3. The first kappa shape index (κ1) is 21.7. The van der Waals surface area contributed by atoms with Crippen LogP contribution in [0.4, 0.5) is 0 Å². The number of phenolic OH excluding ortho intramolecular Hbond substituents is 1. The molecule has 3 N–H and O–H groups in total. The Kier molecular flexibility index (Phi) is 6.86. The minimum Gasteiger partial charge on any atom is -0.508 e. The van der Waals surface area contributed by atoms with Gasteiger partial charge in [0.1, 0.15) is 5.75 Å². The van der Waals surface area contributed by atoms with Crippen molar-refractivity contribution in [3.8, 4) is 5.75 Å². The molecule has 0 spiro atoms. The standard InChI is InChI=1S/C24H34O5/c25-20-17-18(7-4-6-12-24(15-16-24)22(28)29)9-10-19(20)8-3-1-2-5-11-23(13-14-23)21(26)27/h9-10,17,25H,1-8,11-16H2,(H,26,27)(H,28,29). The Balaban J connectivity index is 1.30. The van der Waals surface area contributed by atoms with E-state index in [0.717, 1.165) is 101 Å². The molecule has 0 radical (unpaired) electrons. The van der Waals surface area contributed by atoms with Crippen molar-refractivity contribution in [2.75, 3.05) is 0 Å². The van der Waals surface area contributed by atoms with Crippen molar-refractivity contribution < 1.29 is 24.9 Å². The summed E-state index contributed by atoms with van der Waals surface area (Å²) >= 11 is 0. The van der Waals surface area contributed by atoms with Crippen LogP contribution in [0.15, 0.2) is 18.2 Å². The molecule has 0 heterocycles. The minimum absolute atomic E-state index is 0.356. The van der Waals surface area contributed by atoms with Crippen molar-refractivity contribution in [3.05, 3.63) is 29.3 Å². The molecule has 29 heavy (non-hydrogen) atoms. The van der Waals surface area contributed by atoms with E-state index >= 15 is 0 Å². The minimum atomic E-state index is -0.645. The number of carboxylic acids is 2. The first-order valence-corrected chi connectivity index (χ1v) is 11.1. The van der Waals surface area contributed by atoms with Crippen LogP contribution in [-0.4, -0.2) is 27.3 Å². The molecule has 3 rings (SSSR count). The number of benzene rings is 1. The van der Waals surface area contributed by atoms with Crippen LogP contribution in [0, 0.1) is 10.8 Å². The van der Waals surface area contributed by atoms with Crippen LogP contribution in [0.5, 0.6) is 5.75 Å². The molecule has 1 aromatic carbocycles. The van der Waals surface area contributed by atoms with Crippen molar-refractivity contribution in [1.82, 2.24) is 0 Å². The molecule has 0 atom stereocenters. The first-order valence-electron chi connectivity index (χ1n) is 11.1. The fraction of sp³-hybridized carbons (Fsp3) is 0.667. The first-order chi connectivity index (χ1) is 13.9. The molecule has 2 saturated carbocycles. The van der Waals surface area contributed by atoms with Gasteiger partial charge in [-0.25, -0.2) is 0 Å². The number of unbranched alkanes of at least 4 members (excludes halogenated alkanes) is 4. The van der Waals surface area contributed by atoms with Crippen LogP contribution in [0.25, 0.3) is 0 Å². The van der Waals surface area contributed by atoms with Crippen molar-refractivity contribution in [2.45, 2.75) is 89.9 Å². The van der Waals surface area contributed by atoms with Gasteiger partial charge in [0.25, 0.3) is 0 Å². The highest BCUT2D eigenvalue weighted by atomic mass is 16.4. The van der Waals surface area contributed by atoms with Crippen LogP contribution < -0.4 is 0 Å². The summed E-state index contributed by atoms with van der Waals surface area (Å²) in [6, 6.07) is 5.93. The molecule has 5 nitrogen and oxygen atoms in total. The van der Waals surface area contributed by atoms with Gasteiger partial charge in [-0.05, 0) is 81.4 Å². The van der Waals surface area contributed by atoms with E-state index in [-0.39, 0.29) is 0 Å². The third-order valence-electron chi connectivity index (χ3n) is 6.99. The fourth-order valence-corrected chi connectivity index (χ4v) is 4.34. The molecule has 1 aromatic rings. The molecule has 0 aromatic heterocycles. The summed E-state index contributed by atoms with van der Waals surface area (Å²) < 4.78 is 0. The number of hydrogen-bond donors (Lipinski definition) is 3. The number of aliphatic carboxylic acids is 2. The van der Waals surface area contributed by atoms with E-state index < -0.39 is 22.8 Å². The van der Waals surface area contributed by atoms with Crippen LogP contribution >= 0.6 is 0 Å². The monoisotopic (exact) mass is 402 g/mol. The quantitative estimate of drug-likeness (QED) is 0.366. The largest absolute Gasteiger partial charge is 0.508 e. The van der Waals surface area contributed by atoms with Gasteiger partial charge in [-0.3, -0.25) is 9.59 Å². The molecular weight excluding hydrogens is 368 g/mol. The molecule has 2 aliphatic rings. The zero-order valence-electron chi connectivity index (χ0n) is 17.3. The predicted molar refractivity (Wildman–Crippen MR) is 111 cm³/mol. The molecule has 0 unspecified atom stereocenters. The SMILES string of the molecule is O=C(O)C1(CCCCCCc2ccc(CCCCC3(C(=O)O)CC3)cc2O)CC1. The van der Waals surface area contributed by atoms with Crippen LogP contribution in [0.3, 0.4) is 0 Å². The summed E-state index contributed by atoms with van der Waals surface area (Å²) in [6.45, 7) is 0. The number of aryl methyl sites for hydroxylation is 2. The summed E-state index contributed by atoms with van der Waals surface area (Å²) in [7, 11) is 0. The predicted octanol–water partition coefficient (Wildman–Crippen LogP) is 5.33. The van der Waals surface area contributed by atoms with E-state index in [2.05, 4.69) is 6.07 Å². The number of rotatable bonds is 14. The Hall–Kier alpha value is -2.04. The van der Waals surface area contributed by atoms with Gasteiger partial charge in [-0.2, -0.15) is 0 Å². The molecule has 5 heteroatoms. The molecular formula is C24H34O5. The van der Waals surface area contributed by atoms with Gasteiger partial charge < -0.3 is 15.3 Å². The van der Waals surface area contributed by atoms with E-state index in [1.54, 1.807) is 0 Å². The van der Waals surface area contributed by atoms with E-state index in [4.69, 9.17) is 0 Å². The Labute approximate surface area is 173 Å². The second kappa shape index (κ2) is 9.19. The lowest BCUT2D eigenvalue weighted by Crippen LogP contribution is -2.14. The third-order valence-corrected chi connectivity index (χ3v) is 6.99. The van der Waals surface area contributed by atoms with Crippen LogP contribution in [-0.2, 0) is 22.4 Å². The summed E-state index contributed by atoms with van der Waals surface area (Å²) in [4.78, 5) is 22.3. The fourth-order valence-electron chi connectivity index (χ4n) is 4.34. The van der Waals surface area contributed by atoms with Gasteiger partial charge >= 0.3 is 11.9 Å². The van der Waals surface area contributed by atoms with Gasteiger partial charge in [-0.1, -0.05) is 37.8 Å². The molecule has 2 aliphatic carbocycles. The summed E-state index contributed by atoms with van der Waals surface area (Å²) in [6.07, 6.45) is 12.5. The Morgan fingerprint density at radius 1 is 0.759 bits per heavy atom. The lowest BCUT2D eigenvalue weighted by Gasteiger charge is -2.10. The Morgan fingerprint density at radius 3 is 1.79 bits per heavy atom. The van der Waals surface area contributed by atoms with Gasteiger partial charge in [-0.15, -0.1) is 0 Å².